The van der Waals surface area contributed by atoms with Crippen molar-refractivity contribution in [1.82, 2.24) is 0 Å². The quantitative estimate of drug-likeness (QED) is 0.732. The molecule has 20 heavy (non-hydrogen) atoms. The zero-order valence-electron chi connectivity index (χ0n) is 12.8. The highest BCUT2D eigenvalue weighted by molar-refractivity contribution is 7.90. The molecule has 1 aliphatic rings. The van der Waals surface area contributed by atoms with Gasteiger partial charge in [-0.2, -0.15) is 0 Å². The summed E-state index contributed by atoms with van der Waals surface area (Å²) in [6.07, 6.45) is 10.7. The van der Waals surface area contributed by atoms with Gasteiger partial charge in [0.05, 0.1) is 5.75 Å². The number of carbonyl (C=O) groups is 1. The Labute approximate surface area is 122 Å². The number of sulfone groups is 1. The molecule has 0 saturated carbocycles. The van der Waals surface area contributed by atoms with Gasteiger partial charge in [-0.25, -0.2) is 8.42 Å². The molecule has 0 saturated heterocycles. The van der Waals surface area contributed by atoms with E-state index in [1.54, 1.807) is 0 Å². The van der Waals surface area contributed by atoms with Gasteiger partial charge in [0.15, 0.2) is 15.6 Å². The first kappa shape index (κ1) is 16.9. The summed E-state index contributed by atoms with van der Waals surface area (Å²) in [7, 11) is -3.06. The maximum absolute atomic E-state index is 11.7. The van der Waals surface area contributed by atoms with Crippen LogP contribution >= 0.6 is 0 Å². The van der Waals surface area contributed by atoms with Crippen LogP contribution in [-0.4, -0.2) is 26.2 Å². The molecule has 0 atom stereocenters. The van der Waals surface area contributed by atoms with Gasteiger partial charge in [0, 0.05) is 6.26 Å². The maximum atomic E-state index is 11.7. The third kappa shape index (κ3) is 5.45. The van der Waals surface area contributed by atoms with Crippen molar-refractivity contribution >= 4 is 15.6 Å². The molecule has 4 heteroatoms. The van der Waals surface area contributed by atoms with E-state index in [4.69, 9.17) is 0 Å². The molecule has 0 unspecified atom stereocenters. The Bertz CT molecular complexity index is 561. The van der Waals surface area contributed by atoms with Crippen LogP contribution in [0.5, 0.6) is 0 Å². The number of rotatable bonds is 5. The van der Waals surface area contributed by atoms with Crippen LogP contribution in [0.1, 0.15) is 40.0 Å². The van der Waals surface area contributed by atoms with Gasteiger partial charge in [0.1, 0.15) is 0 Å². The Morgan fingerprint density at radius 3 is 2.50 bits per heavy atom. The van der Waals surface area contributed by atoms with Gasteiger partial charge < -0.3 is 0 Å². The second kappa shape index (κ2) is 6.53. The maximum Gasteiger partial charge on any atom is 0.178 e. The second-order valence-corrected chi connectivity index (χ2v) is 8.35. The molecule has 112 valence electrons. The van der Waals surface area contributed by atoms with Crippen LogP contribution in [0.3, 0.4) is 0 Å². The van der Waals surface area contributed by atoms with E-state index in [1.165, 1.54) is 35.8 Å². The Balaban J connectivity index is 2.75. The molecular weight excluding hydrogens is 272 g/mol. The van der Waals surface area contributed by atoms with Crippen LogP contribution in [0, 0.1) is 5.41 Å². The molecule has 1 rings (SSSR count). The lowest BCUT2D eigenvalue weighted by molar-refractivity contribution is -0.110. The van der Waals surface area contributed by atoms with Crippen molar-refractivity contribution in [2.45, 2.75) is 40.0 Å². The second-order valence-electron chi connectivity index (χ2n) is 6.16. The van der Waals surface area contributed by atoms with E-state index in [0.717, 1.165) is 19.1 Å². The average Bonchev–Trinajstić information content (AvgIpc) is 2.25. The summed E-state index contributed by atoms with van der Waals surface area (Å²) in [5.41, 5.74) is 2.68. The average molecular weight is 296 g/mol. The van der Waals surface area contributed by atoms with Crippen molar-refractivity contribution in [3.05, 3.63) is 35.5 Å². The highest BCUT2D eigenvalue weighted by Crippen LogP contribution is 2.40. The van der Waals surface area contributed by atoms with E-state index in [0.29, 0.717) is 0 Å². The topological polar surface area (TPSA) is 51.2 Å². The molecule has 3 nitrogen and oxygen atoms in total. The normalized spacial score (nSPS) is 20.0. The van der Waals surface area contributed by atoms with Crippen molar-refractivity contribution < 1.29 is 13.2 Å². The van der Waals surface area contributed by atoms with Crippen molar-refractivity contribution in [1.29, 1.82) is 0 Å². The highest BCUT2D eigenvalue weighted by Gasteiger charge is 2.26. The predicted octanol–water partition coefficient (Wildman–Crippen LogP) is 3.24. The van der Waals surface area contributed by atoms with E-state index >= 15 is 0 Å². The SMILES string of the molecule is CC1=C(/C=C/C(=O)/C=C/CS(C)(=O)=O)C(C)(C)CCC1. The molecule has 0 bridgehead atoms. The lowest BCUT2D eigenvalue weighted by Gasteiger charge is -2.32. The summed E-state index contributed by atoms with van der Waals surface area (Å²) in [5, 5.41) is 0. The van der Waals surface area contributed by atoms with Gasteiger partial charge in [-0.1, -0.05) is 31.6 Å². The molecule has 1 aliphatic carbocycles. The third-order valence-electron chi connectivity index (χ3n) is 3.64. The first-order valence-corrected chi connectivity index (χ1v) is 8.94. The van der Waals surface area contributed by atoms with Gasteiger partial charge in [0.2, 0.25) is 0 Å². The first-order chi connectivity index (χ1) is 9.12. The van der Waals surface area contributed by atoms with E-state index in [1.807, 2.05) is 6.08 Å². The predicted molar refractivity (Wildman–Crippen MR) is 83.3 cm³/mol. The summed E-state index contributed by atoms with van der Waals surface area (Å²) in [5.74, 6) is -0.268. The zero-order chi connectivity index (χ0) is 15.4. The number of hydrogen-bond acceptors (Lipinski definition) is 3. The van der Waals surface area contributed by atoms with E-state index in [9.17, 15) is 13.2 Å². The fourth-order valence-corrected chi connectivity index (χ4v) is 3.02. The van der Waals surface area contributed by atoms with Crippen LogP contribution in [0.4, 0.5) is 0 Å². The molecule has 0 aromatic rings. The molecule has 0 spiro atoms. The van der Waals surface area contributed by atoms with Gasteiger partial charge in [0.25, 0.3) is 0 Å². The summed E-state index contributed by atoms with van der Waals surface area (Å²) >= 11 is 0. The van der Waals surface area contributed by atoms with Crippen molar-refractivity contribution in [2.75, 3.05) is 12.0 Å². The third-order valence-corrected chi connectivity index (χ3v) is 4.44. The summed E-state index contributed by atoms with van der Waals surface area (Å²) in [6.45, 7) is 6.50. The van der Waals surface area contributed by atoms with Gasteiger partial charge in [-0.05, 0) is 49.3 Å². The van der Waals surface area contributed by atoms with Crippen molar-refractivity contribution in [3.63, 3.8) is 0 Å². The molecule has 0 aromatic carbocycles. The van der Waals surface area contributed by atoms with Gasteiger partial charge >= 0.3 is 0 Å². The number of ketones is 1. The molecule has 0 N–H and O–H groups in total. The smallest absolute Gasteiger partial charge is 0.178 e. The fourth-order valence-electron chi connectivity index (χ4n) is 2.57. The molecule has 0 radical (unpaired) electrons. The van der Waals surface area contributed by atoms with E-state index < -0.39 is 9.84 Å². The first-order valence-electron chi connectivity index (χ1n) is 6.88. The molecule has 0 fully saturated rings. The minimum atomic E-state index is -3.06. The minimum absolute atomic E-state index is 0.0974. The standard InChI is InChI=1S/C16H24O3S/c1-13-7-5-11-16(2,3)15(13)10-9-14(17)8-6-12-20(4,18)19/h6,8-10H,5,7,11-12H2,1-4H3/b8-6+,10-9+. The van der Waals surface area contributed by atoms with Gasteiger partial charge in [-0.3, -0.25) is 4.79 Å². The largest absolute Gasteiger partial charge is 0.290 e. The monoisotopic (exact) mass is 296 g/mol. The molecule has 0 aromatic heterocycles. The Hall–Kier alpha value is -1.16. The lowest BCUT2D eigenvalue weighted by Crippen LogP contribution is -2.19. The van der Waals surface area contributed by atoms with Crippen molar-refractivity contribution in [3.8, 4) is 0 Å². The molecule has 0 aliphatic heterocycles. The van der Waals surface area contributed by atoms with Gasteiger partial charge in [-0.15, -0.1) is 0 Å². The Morgan fingerprint density at radius 2 is 1.95 bits per heavy atom. The summed E-state index contributed by atoms with van der Waals surface area (Å²) in [6, 6.07) is 0. The molecular formula is C16H24O3S. The Kier molecular flexibility index (Phi) is 5.51. The number of carbonyl (C=O) groups excluding carboxylic acids is 1. The van der Waals surface area contributed by atoms with Crippen LogP contribution in [-0.2, 0) is 14.6 Å². The van der Waals surface area contributed by atoms with E-state index in [-0.39, 0.29) is 17.0 Å². The van der Waals surface area contributed by atoms with E-state index in [2.05, 4.69) is 20.8 Å². The van der Waals surface area contributed by atoms with Crippen LogP contribution < -0.4 is 0 Å². The highest BCUT2D eigenvalue weighted by atomic mass is 32.2. The Morgan fingerprint density at radius 1 is 1.30 bits per heavy atom. The lowest BCUT2D eigenvalue weighted by atomic mass is 9.72. The fraction of sp³-hybridized carbons (Fsp3) is 0.562. The summed E-state index contributed by atoms with van der Waals surface area (Å²) < 4.78 is 21.9. The minimum Gasteiger partial charge on any atom is -0.290 e. The zero-order valence-corrected chi connectivity index (χ0v) is 13.6. The van der Waals surface area contributed by atoms with Crippen LogP contribution in [0.2, 0.25) is 0 Å². The van der Waals surface area contributed by atoms with Crippen LogP contribution in [0.25, 0.3) is 0 Å². The number of hydrogen-bond donors (Lipinski definition) is 0. The summed E-state index contributed by atoms with van der Waals surface area (Å²) in [4.78, 5) is 11.7. The van der Waals surface area contributed by atoms with Crippen LogP contribution in [0.15, 0.2) is 35.5 Å². The molecule has 0 heterocycles. The van der Waals surface area contributed by atoms with Crippen molar-refractivity contribution in [2.24, 2.45) is 5.41 Å². The molecule has 0 amide bonds. The number of allylic oxidation sites excluding steroid dienone is 5.